The van der Waals surface area contributed by atoms with Crippen LogP contribution in [0.1, 0.15) is 11.6 Å². The lowest BCUT2D eigenvalue weighted by Crippen LogP contribution is -2.52. The quantitative estimate of drug-likeness (QED) is 0.884. The number of nitrogens with zero attached hydrogens (tertiary/aromatic N) is 1. The maximum atomic E-state index is 13.1. The van der Waals surface area contributed by atoms with Gasteiger partial charge in [0.25, 0.3) is 0 Å². The third kappa shape index (κ3) is 3.15. The van der Waals surface area contributed by atoms with Crippen LogP contribution in [-0.2, 0) is 14.8 Å². The van der Waals surface area contributed by atoms with Crippen LogP contribution >= 0.6 is 23.2 Å². The molecule has 8 heteroatoms. The molecule has 0 saturated carbocycles. The number of hydrogen-bond acceptors (Lipinski definition) is 3. The van der Waals surface area contributed by atoms with Gasteiger partial charge in [-0.1, -0.05) is 47.5 Å². The molecular formula is C16H14Cl2N2O3S. The summed E-state index contributed by atoms with van der Waals surface area (Å²) in [6.07, 6.45) is 0. The van der Waals surface area contributed by atoms with Crippen LogP contribution in [0.3, 0.4) is 0 Å². The van der Waals surface area contributed by atoms with Gasteiger partial charge in [-0.2, -0.15) is 4.31 Å². The first-order chi connectivity index (χ1) is 11.4. The van der Waals surface area contributed by atoms with Crippen LogP contribution in [0.25, 0.3) is 0 Å². The molecule has 0 bridgehead atoms. The Balaban J connectivity index is 2.10. The van der Waals surface area contributed by atoms with E-state index in [4.69, 9.17) is 23.2 Å². The van der Waals surface area contributed by atoms with E-state index in [-0.39, 0.29) is 28.9 Å². The van der Waals surface area contributed by atoms with Crippen LogP contribution in [0.2, 0.25) is 10.0 Å². The zero-order valence-electron chi connectivity index (χ0n) is 12.4. The number of sulfonamides is 1. The molecule has 1 unspecified atom stereocenters. The van der Waals surface area contributed by atoms with E-state index in [1.54, 1.807) is 36.4 Å². The van der Waals surface area contributed by atoms with E-state index in [0.29, 0.717) is 10.6 Å². The highest BCUT2D eigenvalue weighted by Gasteiger charge is 2.40. The maximum absolute atomic E-state index is 13.1. The first-order valence-corrected chi connectivity index (χ1v) is 9.40. The lowest BCUT2D eigenvalue weighted by Gasteiger charge is -2.34. The SMILES string of the molecule is O=C1NCCN(S(=O)(=O)c2ccccc2Cl)C1c1cccc(Cl)c1. The van der Waals surface area contributed by atoms with E-state index < -0.39 is 16.1 Å². The van der Waals surface area contributed by atoms with E-state index in [0.717, 1.165) is 0 Å². The largest absolute Gasteiger partial charge is 0.353 e. The molecule has 0 aliphatic carbocycles. The van der Waals surface area contributed by atoms with Crippen LogP contribution in [-0.4, -0.2) is 31.7 Å². The normalized spacial score (nSPS) is 19.1. The fourth-order valence-corrected chi connectivity index (χ4v) is 4.95. The maximum Gasteiger partial charge on any atom is 0.245 e. The molecule has 0 aromatic heterocycles. The molecule has 24 heavy (non-hydrogen) atoms. The number of rotatable bonds is 3. The van der Waals surface area contributed by atoms with E-state index in [1.165, 1.54) is 16.4 Å². The number of halogens is 2. The third-order valence-corrected chi connectivity index (χ3v) is 6.35. The highest BCUT2D eigenvalue weighted by Crippen LogP contribution is 2.33. The second kappa shape index (κ2) is 6.72. The lowest BCUT2D eigenvalue weighted by molar-refractivity contribution is -0.126. The zero-order chi connectivity index (χ0) is 17.3. The monoisotopic (exact) mass is 384 g/mol. The third-order valence-electron chi connectivity index (χ3n) is 3.76. The van der Waals surface area contributed by atoms with E-state index >= 15 is 0 Å². The number of hydrogen-bond donors (Lipinski definition) is 1. The first kappa shape index (κ1) is 17.2. The van der Waals surface area contributed by atoms with Gasteiger partial charge >= 0.3 is 0 Å². The standard InChI is InChI=1S/C16H14Cl2N2O3S/c17-12-5-3-4-11(10-12)15-16(21)19-8-9-20(15)24(22,23)14-7-2-1-6-13(14)18/h1-7,10,15H,8-9H2,(H,19,21). The predicted molar refractivity (Wildman–Crippen MR) is 92.5 cm³/mol. The van der Waals surface area contributed by atoms with Crippen LogP contribution in [0.5, 0.6) is 0 Å². The fourth-order valence-electron chi connectivity index (χ4n) is 2.68. The molecule has 2 aromatic rings. The summed E-state index contributed by atoms with van der Waals surface area (Å²) in [6, 6.07) is 11.8. The van der Waals surface area contributed by atoms with Crippen LogP contribution in [0.4, 0.5) is 0 Å². The Morgan fingerprint density at radius 2 is 1.83 bits per heavy atom. The second-order valence-electron chi connectivity index (χ2n) is 5.29. The molecule has 1 saturated heterocycles. The summed E-state index contributed by atoms with van der Waals surface area (Å²) in [5.74, 6) is -0.390. The molecule has 0 spiro atoms. The predicted octanol–water partition coefficient (Wildman–Crippen LogP) is 2.86. The highest BCUT2D eigenvalue weighted by atomic mass is 35.5. The molecular weight excluding hydrogens is 371 g/mol. The number of nitrogens with one attached hydrogen (secondary N) is 1. The van der Waals surface area contributed by atoms with Crippen LogP contribution in [0, 0.1) is 0 Å². The number of carbonyl (C=O) groups is 1. The van der Waals surface area contributed by atoms with Crippen molar-refractivity contribution in [2.24, 2.45) is 0 Å². The Hall–Kier alpha value is -1.60. The summed E-state index contributed by atoms with van der Waals surface area (Å²) >= 11 is 12.1. The van der Waals surface area contributed by atoms with Crippen LogP contribution < -0.4 is 5.32 Å². The van der Waals surface area contributed by atoms with Crippen molar-refractivity contribution in [1.82, 2.24) is 9.62 Å². The molecule has 5 nitrogen and oxygen atoms in total. The van der Waals surface area contributed by atoms with E-state index in [9.17, 15) is 13.2 Å². The van der Waals surface area contributed by atoms with Gasteiger partial charge in [-0.25, -0.2) is 8.42 Å². The molecule has 126 valence electrons. The van der Waals surface area contributed by atoms with Gasteiger partial charge in [-0.05, 0) is 29.8 Å². The van der Waals surface area contributed by atoms with Crippen LogP contribution in [0.15, 0.2) is 53.4 Å². The van der Waals surface area contributed by atoms with Gasteiger partial charge in [0, 0.05) is 18.1 Å². The highest BCUT2D eigenvalue weighted by molar-refractivity contribution is 7.89. The number of carbonyl (C=O) groups excluding carboxylic acids is 1. The van der Waals surface area contributed by atoms with Crippen molar-refractivity contribution < 1.29 is 13.2 Å². The van der Waals surface area contributed by atoms with Crippen molar-refractivity contribution in [3.63, 3.8) is 0 Å². The van der Waals surface area contributed by atoms with Crippen molar-refractivity contribution >= 4 is 39.1 Å². The molecule has 1 N–H and O–H groups in total. The smallest absolute Gasteiger partial charge is 0.245 e. The lowest BCUT2D eigenvalue weighted by atomic mass is 10.0. The van der Waals surface area contributed by atoms with Crippen molar-refractivity contribution in [3.8, 4) is 0 Å². The molecule has 0 radical (unpaired) electrons. The molecule has 1 aliphatic rings. The molecule has 1 fully saturated rings. The van der Waals surface area contributed by atoms with Crippen molar-refractivity contribution in [1.29, 1.82) is 0 Å². The minimum Gasteiger partial charge on any atom is -0.353 e. The summed E-state index contributed by atoms with van der Waals surface area (Å²) in [6.45, 7) is 0.385. The molecule has 3 rings (SSSR count). The number of amides is 1. The Morgan fingerprint density at radius 1 is 1.08 bits per heavy atom. The van der Waals surface area contributed by atoms with Crippen molar-refractivity contribution in [3.05, 3.63) is 64.1 Å². The average molecular weight is 385 g/mol. The number of piperazine rings is 1. The molecule has 1 aliphatic heterocycles. The van der Waals surface area contributed by atoms with Gasteiger partial charge in [0.2, 0.25) is 15.9 Å². The second-order valence-corrected chi connectivity index (χ2v) is 8.00. The van der Waals surface area contributed by atoms with Gasteiger partial charge in [0.05, 0.1) is 5.02 Å². The van der Waals surface area contributed by atoms with E-state index in [1.807, 2.05) is 0 Å². The summed E-state index contributed by atoms with van der Waals surface area (Å²) in [4.78, 5) is 12.4. The summed E-state index contributed by atoms with van der Waals surface area (Å²) < 4.78 is 27.3. The Morgan fingerprint density at radius 3 is 2.54 bits per heavy atom. The van der Waals surface area contributed by atoms with Gasteiger partial charge in [0.1, 0.15) is 10.9 Å². The molecule has 2 aromatic carbocycles. The zero-order valence-corrected chi connectivity index (χ0v) is 14.8. The molecule has 1 atom stereocenters. The van der Waals surface area contributed by atoms with E-state index in [2.05, 4.69) is 5.32 Å². The van der Waals surface area contributed by atoms with Gasteiger partial charge in [0.15, 0.2) is 0 Å². The topological polar surface area (TPSA) is 66.5 Å². The minimum absolute atomic E-state index is 0.0200. The summed E-state index contributed by atoms with van der Waals surface area (Å²) in [7, 11) is -3.94. The summed E-state index contributed by atoms with van der Waals surface area (Å²) in [5, 5.41) is 3.25. The first-order valence-electron chi connectivity index (χ1n) is 7.21. The minimum atomic E-state index is -3.94. The van der Waals surface area contributed by atoms with Gasteiger partial charge in [-0.3, -0.25) is 4.79 Å². The molecule has 1 heterocycles. The molecule has 1 amide bonds. The average Bonchev–Trinajstić information content (AvgIpc) is 2.54. The number of benzene rings is 2. The van der Waals surface area contributed by atoms with Gasteiger partial charge < -0.3 is 5.32 Å². The Labute approximate surface area is 150 Å². The van der Waals surface area contributed by atoms with Crippen molar-refractivity contribution in [2.75, 3.05) is 13.1 Å². The van der Waals surface area contributed by atoms with Gasteiger partial charge in [-0.15, -0.1) is 0 Å². The van der Waals surface area contributed by atoms with Crippen molar-refractivity contribution in [2.45, 2.75) is 10.9 Å². The Kier molecular flexibility index (Phi) is 4.83. The summed E-state index contributed by atoms with van der Waals surface area (Å²) in [5.41, 5.74) is 0.510. The fraction of sp³-hybridized carbons (Fsp3) is 0.188. The Bertz CT molecular complexity index is 886.